The van der Waals surface area contributed by atoms with Gasteiger partial charge in [0.25, 0.3) is 11.8 Å². The normalized spacial score (nSPS) is 21.9. The number of rotatable bonds is 20. The van der Waals surface area contributed by atoms with Crippen LogP contribution in [0.1, 0.15) is 97.6 Å². The lowest BCUT2D eigenvalue weighted by molar-refractivity contribution is -0.151. The van der Waals surface area contributed by atoms with E-state index in [9.17, 15) is 43.5 Å². The molecule has 8 amide bonds. The number of aliphatic hydroxyl groups excluding tert-OH is 1. The number of urea groups is 1. The number of ether oxygens (including phenoxy) is 2. The molecule has 5 heterocycles. The van der Waals surface area contributed by atoms with Crippen LogP contribution >= 0.6 is 0 Å². The van der Waals surface area contributed by atoms with Gasteiger partial charge in [0.05, 0.1) is 24.3 Å². The van der Waals surface area contributed by atoms with Gasteiger partial charge in [0.15, 0.2) is 0 Å². The molecule has 7 rings (SSSR count). The number of hydrogen-bond donors (Lipinski definition) is 5. The standard InChI is InChI=1S/C62H83FN12O11/c1-40(2)57(69-52(77)11-8-7-9-24-75-53(78)20-21-54(75)79)60(82)67-44(6)59(64)68-48-16-14-45(15-17-48)38-65-61(83)72-29-31-73(32-30-72)62(84)85-51-19-13-42(4)58(86-56(81)37-50(76)18-12-41(51)3)43(5)33-46-34-47(63)36-49(35-46)70-25-27-71(28-26-70)55(80)39-74-23-10-22-66-74/h10,13-17,19-23,33-36,40-42,44,50-51,57-58,76H,7-9,11-12,18,24-32,37-39H2,1-6H3,(H2,64,68)(H,65,83)(H,67,82)(H,69,77)/b19-13+,43-33+/t41-,42-,44-,50+,51-,57-,58-/m0/s1. The molecule has 0 spiro atoms. The highest BCUT2D eigenvalue weighted by Gasteiger charge is 2.32. The van der Waals surface area contributed by atoms with Crippen molar-refractivity contribution in [2.45, 2.75) is 130 Å². The molecule has 4 aliphatic rings. The number of aliphatic hydroxyl groups is 1. The maximum absolute atomic E-state index is 15.3. The van der Waals surface area contributed by atoms with Crippen LogP contribution in [0, 0.1) is 23.6 Å². The number of aromatic nitrogens is 2. The Labute approximate surface area is 501 Å². The van der Waals surface area contributed by atoms with E-state index in [-0.39, 0.29) is 112 Å². The molecule has 464 valence electrons. The number of unbranched alkanes of at least 4 members (excludes halogenated alkanes) is 2. The first kappa shape index (κ1) is 65.1. The largest absolute Gasteiger partial charge is 0.457 e. The van der Waals surface area contributed by atoms with Crippen LogP contribution in [0.2, 0.25) is 0 Å². The van der Waals surface area contributed by atoms with Gasteiger partial charge in [-0.3, -0.25) is 38.3 Å². The van der Waals surface area contributed by atoms with Crippen LogP contribution in [0.25, 0.3) is 6.08 Å². The predicted molar refractivity (Wildman–Crippen MR) is 320 cm³/mol. The third-order valence-corrected chi connectivity index (χ3v) is 15.8. The van der Waals surface area contributed by atoms with Gasteiger partial charge in [-0.2, -0.15) is 5.10 Å². The van der Waals surface area contributed by atoms with Crippen molar-refractivity contribution in [3.63, 3.8) is 0 Å². The van der Waals surface area contributed by atoms with E-state index in [0.29, 0.717) is 74.4 Å². The van der Waals surface area contributed by atoms with Crippen molar-refractivity contribution in [2.24, 2.45) is 28.5 Å². The van der Waals surface area contributed by atoms with Crippen molar-refractivity contribution < 1.29 is 57.3 Å². The van der Waals surface area contributed by atoms with Crippen molar-refractivity contribution in [3.05, 3.63) is 108 Å². The second-order valence-corrected chi connectivity index (χ2v) is 22.9. The summed E-state index contributed by atoms with van der Waals surface area (Å²) in [6.45, 7) is 14.5. The molecule has 7 atom stereocenters. The van der Waals surface area contributed by atoms with E-state index in [1.807, 2.05) is 44.7 Å². The van der Waals surface area contributed by atoms with E-state index < -0.39 is 60.1 Å². The van der Waals surface area contributed by atoms with Gasteiger partial charge in [-0.15, -0.1) is 0 Å². The molecule has 2 fully saturated rings. The number of piperazine rings is 2. The van der Waals surface area contributed by atoms with E-state index >= 15 is 4.39 Å². The van der Waals surface area contributed by atoms with Crippen molar-refractivity contribution in [3.8, 4) is 0 Å². The second kappa shape index (κ2) is 31.1. The molecule has 0 saturated carbocycles. The molecule has 0 aliphatic carbocycles. The Morgan fingerprint density at radius 2 is 1.56 bits per heavy atom. The van der Waals surface area contributed by atoms with E-state index in [2.05, 4.69) is 26.0 Å². The zero-order chi connectivity index (χ0) is 62.0. The number of amidine groups is 1. The van der Waals surface area contributed by atoms with Gasteiger partial charge < -0.3 is 55.9 Å². The van der Waals surface area contributed by atoms with E-state index in [4.69, 9.17) is 15.2 Å². The Balaban J connectivity index is 0.857. The van der Waals surface area contributed by atoms with Gasteiger partial charge in [0, 0.05) is 108 Å². The fourth-order valence-electron chi connectivity index (χ4n) is 10.6. The first-order valence-electron chi connectivity index (χ1n) is 29.7. The Kier molecular flexibility index (Phi) is 23.6. The van der Waals surface area contributed by atoms with Crippen LogP contribution < -0.4 is 26.6 Å². The van der Waals surface area contributed by atoms with Crippen molar-refractivity contribution in [1.82, 2.24) is 45.3 Å². The molecule has 3 aromatic rings. The Bertz CT molecular complexity index is 2970. The van der Waals surface area contributed by atoms with Crippen LogP contribution in [0.15, 0.2) is 95.8 Å². The number of benzene rings is 2. The van der Waals surface area contributed by atoms with Gasteiger partial charge in [0.1, 0.15) is 36.4 Å². The highest BCUT2D eigenvalue weighted by molar-refractivity contribution is 6.12. The first-order valence-corrected chi connectivity index (χ1v) is 29.7. The summed E-state index contributed by atoms with van der Waals surface area (Å²) < 4.78 is 29.0. The summed E-state index contributed by atoms with van der Waals surface area (Å²) in [5.41, 5.74) is 9.47. The summed E-state index contributed by atoms with van der Waals surface area (Å²) in [4.78, 5) is 115. The molecule has 2 saturated heterocycles. The number of cyclic esters (lactones) is 1. The minimum atomic E-state index is -0.996. The van der Waals surface area contributed by atoms with Gasteiger partial charge in [-0.25, -0.2) is 19.0 Å². The highest BCUT2D eigenvalue weighted by atomic mass is 19.1. The highest BCUT2D eigenvalue weighted by Crippen LogP contribution is 2.28. The number of anilines is 1. The average molecular weight is 1190 g/mol. The zero-order valence-electron chi connectivity index (χ0n) is 50.1. The summed E-state index contributed by atoms with van der Waals surface area (Å²) in [6.07, 6.45) is 10.6. The number of esters is 1. The number of halogens is 1. The maximum Gasteiger partial charge on any atom is 0.410 e. The van der Waals surface area contributed by atoms with E-state index in [1.165, 1.54) is 29.2 Å². The van der Waals surface area contributed by atoms with E-state index in [1.54, 1.807) is 88.1 Å². The molecular formula is C62H83FN12O11. The summed E-state index contributed by atoms with van der Waals surface area (Å²) in [7, 11) is 0. The molecular weight excluding hydrogens is 1110 g/mol. The number of carbonyl (C=O) groups excluding carboxylic acids is 8. The lowest BCUT2D eigenvalue weighted by Crippen LogP contribution is -2.53. The van der Waals surface area contributed by atoms with E-state index in [0.717, 1.165) is 5.56 Å². The number of nitrogens with zero attached hydrogens (tertiary/aromatic N) is 8. The van der Waals surface area contributed by atoms with Gasteiger partial charge >= 0.3 is 18.1 Å². The fraction of sp³-hybridized carbons (Fsp3) is 0.516. The number of hydrogen-bond acceptors (Lipinski definition) is 14. The first-order chi connectivity index (χ1) is 41.1. The summed E-state index contributed by atoms with van der Waals surface area (Å²) in [5, 5.41) is 23.6. The zero-order valence-corrected chi connectivity index (χ0v) is 50.1. The van der Waals surface area contributed by atoms with Crippen molar-refractivity contribution >= 4 is 70.9 Å². The Morgan fingerprint density at radius 3 is 2.23 bits per heavy atom. The summed E-state index contributed by atoms with van der Waals surface area (Å²) in [6, 6.07) is 11.8. The summed E-state index contributed by atoms with van der Waals surface area (Å²) >= 11 is 0. The smallest absolute Gasteiger partial charge is 0.410 e. The van der Waals surface area contributed by atoms with Crippen molar-refractivity contribution in [2.75, 3.05) is 63.8 Å². The quantitative estimate of drug-likeness (QED) is 0.0243. The van der Waals surface area contributed by atoms with Gasteiger partial charge in [-0.05, 0) is 111 Å². The molecule has 1 aromatic heterocycles. The van der Waals surface area contributed by atoms with Crippen LogP contribution in [0.4, 0.5) is 25.4 Å². The molecule has 0 radical (unpaired) electrons. The Morgan fingerprint density at radius 1 is 0.872 bits per heavy atom. The minimum absolute atomic E-state index is 0.0431. The lowest BCUT2D eigenvalue weighted by atomic mass is 9.91. The number of amides is 8. The fourth-order valence-corrected chi connectivity index (χ4v) is 10.6. The summed E-state index contributed by atoms with van der Waals surface area (Å²) in [5.74, 6) is -3.18. The second-order valence-electron chi connectivity index (χ2n) is 22.9. The average Bonchev–Trinajstić information content (AvgIpc) is 2.46. The molecule has 4 aliphatic heterocycles. The molecule has 24 heteroatoms. The Hall–Kier alpha value is -8.41. The van der Waals surface area contributed by atoms with Crippen molar-refractivity contribution in [1.29, 1.82) is 0 Å². The maximum atomic E-state index is 15.3. The third kappa shape index (κ3) is 19.0. The van der Waals surface area contributed by atoms with Gasteiger partial charge in [0.2, 0.25) is 17.7 Å². The third-order valence-electron chi connectivity index (χ3n) is 15.8. The number of carbonyl (C=O) groups is 8. The van der Waals surface area contributed by atoms with Crippen LogP contribution in [0.5, 0.6) is 0 Å². The molecule has 6 N–H and O–H groups in total. The predicted octanol–water partition coefficient (Wildman–Crippen LogP) is 5.21. The minimum Gasteiger partial charge on any atom is -0.457 e. The van der Waals surface area contributed by atoms with Gasteiger partial charge in [-0.1, -0.05) is 58.4 Å². The topological polar surface area (TPSA) is 284 Å². The molecule has 86 heavy (non-hydrogen) atoms. The van der Waals surface area contributed by atoms with Crippen LogP contribution in [-0.2, 0) is 51.3 Å². The van der Waals surface area contributed by atoms with Crippen LogP contribution in [0.3, 0.4) is 0 Å². The number of nitrogens with two attached hydrogens (primary N) is 1. The molecule has 2 aromatic carbocycles. The molecule has 23 nitrogen and oxygen atoms in total. The number of imide groups is 1. The monoisotopic (exact) mass is 1190 g/mol. The molecule has 0 bridgehead atoms. The lowest BCUT2D eigenvalue weighted by Gasteiger charge is -2.36. The number of nitrogens with one attached hydrogen (secondary N) is 3. The number of aliphatic imine (C=N–C) groups is 1. The van der Waals surface area contributed by atoms with Crippen LogP contribution in [-0.4, -0.2) is 177 Å². The molecule has 0 unspecified atom stereocenters. The SMILES string of the molecule is C/C(=C\c1cc(F)cc(N2CCN(C(=O)Cn3cccn3)CC2)c1)[C@H]1OC(=O)C[C@H](O)CC[C@H](C)[C@@H](OC(=O)N2CCN(C(=O)NCc3ccc(N=C(N)[C@H](C)NC(=O)[C@@H](NC(=O)CCCCCN4C(=O)C=CC4=O)C(C)C)cc3)CC2)/C=C/[C@@H]1C.